The quantitative estimate of drug-likeness (QED) is 0.0417. The Bertz CT molecular complexity index is 2850. The highest BCUT2D eigenvalue weighted by atomic mass is 35.5. The Morgan fingerprint density at radius 1 is 1.05 bits per heavy atom. The average molecular weight is 892 g/mol. The van der Waals surface area contributed by atoms with Crippen molar-refractivity contribution >= 4 is 66.5 Å². The number of nitro groups is 1. The van der Waals surface area contributed by atoms with Crippen molar-refractivity contribution in [3.05, 3.63) is 117 Å². The number of halogens is 1. The maximum absolute atomic E-state index is 14.1. The molecule has 1 atom stereocenters. The molecule has 6 aromatic rings. The second-order valence-electron chi connectivity index (χ2n) is 17.6. The van der Waals surface area contributed by atoms with E-state index in [9.17, 15) is 23.3 Å². The Kier molecular flexibility index (Phi) is 11.7. The summed E-state index contributed by atoms with van der Waals surface area (Å²) in [4.78, 5) is 35.3. The zero-order valence-corrected chi connectivity index (χ0v) is 36.8. The van der Waals surface area contributed by atoms with Crippen molar-refractivity contribution in [3.63, 3.8) is 0 Å². The van der Waals surface area contributed by atoms with E-state index in [0.717, 1.165) is 56.8 Å². The first-order valence-corrected chi connectivity index (χ1v) is 23.3. The lowest BCUT2D eigenvalue weighted by Gasteiger charge is -2.34. The molecule has 328 valence electrons. The summed E-state index contributed by atoms with van der Waals surface area (Å²) >= 11 is 6.20. The van der Waals surface area contributed by atoms with E-state index < -0.39 is 31.4 Å². The normalized spacial score (nSPS) is 18.0. The lowest BCUT2D eigenvalue weighted by atomic mass is 9.72. The highest BCUT2D eigenvalue weighted by Crippen LogP contribution is 2.43. The highest BCUT2D eigenvalue weighted by Gasteiger charge is 2.35. The zero-order valence-electron chi connectivity index (χ0n) is 35.2. The number of hydrogen-bond acceptors (Lipinski definition) is 11. The molecule has 3 aromatic heterocycles. The number of nitrogens with zero attached hydrogens (tertiary/aromatic N) is 5. The number of sulfonamides is 1. The van der Waals surface area contributed by atoms with Crippen LogP contribution in [0.15, 0.2) is 95.7 Å². The van der Waals surface area contributed by atoms with Gasteiger partial charge in [0, 0.05) is 66.5 Å². The van der Waals surface area contributed by atoms with Gasteiger partial charge in [0.2, 0.25) is 0 Å². The van der Waals surface area contributed by atoms with Crippen molar-refractivity contribution in [1.82, 2.24) is 34.7 Å². The summed E-state index contributed by atoms with van der Waals surface area (Å²) < 4.78 is 37.1. The molecule has 0 radical (unpaired) electrons. The number of carbonyl (C=O) groups is 1. The van der Waals surface area contributed by atoms with Crippen molar-refractivity contribution in [2.24, 2.45) is 11.3 Å². The van der Waals surface area contributed by atoms with E-state index in [-0.39, 0.29) is 29.3 Å². The van der Waals surface area contributed by atoms with E-state index in [1.165, 1.54) is 47.8 Å². The molecule has 0 spiro atoms. The number of aromatic nitrogens is 4. The number of benzene rings is 3. The van der Waals surface area contributed by atoms with Gasteiger partial charge in [-0.25, -0.2) is 22.8 Å². The molecule has 1 saturated heterocycles. The molecular weight excluding hydrogens is 842 g/mol. The molecule has 0 bridgehead atoms. The van der Waals surface area contributed by atoms with E-state index in [2.05, 4.69) is 61.3 Å². The number of ether oxygens (including phenoxy) is 1. The molecule has 1 amide bonds. The minimum Gasteiger partial charge on any atom is -0.486 e. The molecule has 3 aliphatic rings. The van der Waals surface area contributed by atoms with Crippen molar-refractivity contribution < 1.29 is 22.9 Å². The standard InChI is InChI=1S/C46H50ClN9O6S/c1-46(2)16-13-32(38(24-46)30-3-5-33(47)6-4-30)25-48-18-19-49-34-7-11-37(40(22-34)55-41-21-31-14-17-50-44(31)52-39(41)26-51-55)45(57)53-63(60,61)36-10-12-43(42(23-36)56(58)59)62-28-29-15-20-54(27-29)35-8-9-35/h3-7,10-12,14,17,21-23,26,29,35,48-49H,8-9,13,15-16,18-20,24-25,27-28H2,1-2H3,(H,50,52)(H,53,57). The minimum absolute atomic E-state index is 0.00885. The second-order valence-corrected chi connectivity index (χ2v) is 19.8. The smallest absolute Gasteiger partial charge is 0.312 e. The van der Waals surface area contributed by atoms with Gasteiger partial charge in [0.05, 0.1) is 39.4 Å². The molecule has 1 saturated carbocycles. The van der Waals surface area contributed by atoms with E-state index >= 15 is 0 Å². The van der Waals surface area contributed by atoms with E-state index in [4.69, 9.17) is 16.3 Å². The van der Waals surface area contributed by atoms with Crippen LogP contribution in [-0.2, 0) is 10.0 Å². The van der Waals surface area contributed by atoms with E-state index in [0.29, 0.717) is 52.2 Å². The highest BCUT2D eigenvalue weighted by molar-refractivity contribution is 7.90. The van der Waals surface area contributed by atoms with Gasteiger partial charge in [-0.3, -0.25) is 19.8 Å². The first kappa shape index (κ1) is 42.5. The van der Waals surface area contributed by atoms with Crippen LogP contribution in [0.2, 0.25) is 5.02 Å². The number of nitro benzene ring substituents is 1. The fraction of sp³-hybridized carbons (Fsp3) is 0.370. The molecule has 1 unspecified atom stereocenters. The molecule has 2 aliphatic carbocycles. The second kappa shape index (κ2) is 17.4. The number of pyridine rings is 1. The summed E-state index contributed by atoms with van der Waals surface area (Å²) in [5.41, 5.74) is 6.48. The number of rotatable bonds is 16. The van der Waals surface area contributed by atoms with E-state index in [1.54, 1.807) is 29.2 Å². The van der Waals surface area contributed by atoms with Gasteiger partial charge in [0.25, 0.3) is 15.9 Å². The Morgan fingerprint density at radius 2 is 1.87 bits per heavy atom. The van der Waals surface area contributed by atoms with Crippen LogP contribution in [0, 0.1) is 21.4 Å². The number of carbonyl (C=O) groups excluding carboxylic acids is 1. The summed E-state index contributed by atoms with van der Waals surface area (Å²) in [5, 5.41) is 25.3. The van der Waals surface area contributed by atoms with Gasteiger partial charge in [-0.15, -0.1) is 0 Å². The Hall–Kier alpha value is -5.81. The van der Waals surface area contributed by atoms with E-state index in [1.807, 2.05) is 24.3 Å². The molecule has 63 heavy (non-hydrogen) atoms. The first-order chi connectivity index (χ1) is 30.3. The summed E-state index contributed by atoms with van der Waals surface area (Å²) in [6.45, 7) is 8.70. The van der Waals surface area contributed by atoms with Gasteiger partial charge in [0.1, 0.15) is 11.2 Å². The van der Waals surface area contributed by atoms with Gasteiger partial charge in [0.15, 0.2) is 5.75 Å². The summed E-state index contributed by atoms with van der Waals surface area (Å²) in [5.74, 6) is -0.740. The number of hydrogen-bond donors (Lipinski definition) is 4. The van der Waals surface area contributed by atoms with Crippen LogP contribution in [-0.4, -0.2) is 89.3 Å². The fourth-order valence-electron chi connectivity index (χ4n) is 8.79. The molecule has 9 rings (SSSR count). The number of anilines is 1. The third kappa shape index (κ3) is 9.44. The number of likely N-dealkylation sites (tertiary alicyclic amines) is 1. The molecule has 3 aromatic carbocycles. The van der Waals surface area contributed by atoms with Gasteiger partial charge < -0.3 is 20.4 Å². The van der Waals surface area contributed by atoms with Gasteiger partial charge in [-0.1, -0.05) is 43.2 Å². The minimum atomic E-state index is -4.59. The van der Waals surface area contributed by atoms with Crippen LogP contribution in [0.5, 0.6) is 5.75 Å². The van der Waals surface area contributed by atoms with Crippen molar-refractivity contribution in [3.8, 4) is 11.4 Å². The molecule has 4 N–H and O–H groups in total. The molecular formula is C46H50ClN9O6S. The number of allylic oxidation sites excluding steroid dienone is 1. The summed E-state index contributed by atoms with van der Waals surface area (Å²) in [6.07, 6.45) is 9.80. The molecule has 1 aliphatic heterocycles. The monoisotopic (exact) mass is 891 g/mol. The molecule has 17 heteroatoms. The Labute approximate surface area is 370 Å². The van der Waals surface area contributed by atoms with Crippen LogP contribution in [0.4, 0.5) is 11.4 Å². The number of fused-ring (bicyclic) bond motifs is 2. The fourth-order valence-corrected chi connectivity index (χ4v) is 9.90. The number of amides is 1. The molecule has 4 heterocycles. The van der Waals surface area contributed by atoms with Crippen molar-refractivity contribution in [2.45, 2.75) is 63.3 Å². The van der Waals surface area contributed by atoms with Gasteiger partial charge >= 0.3 is 5.69 Å². The third-order valence-electron chi connectivity index (χ3n) is 12.4. The van der Waals surface area contributed by atoms with Crippen LogP contribution >= 0.6 is 11.6 Å². The maximum atomic E-state index is 14.1. The third-order valence-corrected chi connectivity index (χ3v) is 14.0. The Balaban J connectivity index is 0.925. The van der Waals surface area contributed by atoms with Gasteiger partial charge in [-0.2, -0.15) is 5.10 Å². The predicted octanol–water partition coefficient (Wildman–Crippen LogP) is 8.11. The van der Waals surface area contributed by atoms with Crippen molar-refractivity contribution in [1.29, 1.82) is 0 Å². The number of nitrogens with one attached hydrogen (secondary N) is 4. The SMILES string of the molecule is CC1(C)CCC(CNCCNc2ccc(C(=O)NS(=O)(=O)c3ccc(OCC4CCN(C5CC5)C4)c([N+](=O)[O-])c3)c(-n3ncc4nc5[nH]ccc5cc43)c2)=C(c2ccc(Cl)cc2)C1. The lowest BCUT2D eigenvalue weighted by molar-refractivity contribution is -0.386. The van der Waals surface area contributed by atoms with Crippen LogP contribution in [0.3, 0.4) is 0 Å². The molecule has 15 nitrogen and oxygen atoms in total. The number of aromatic amines is 1. The number of H-pyrrole nitrogens is 1. The zero-order chi connectivity index (χ0) is 43.9. The average Bonchev–Trinajstić information content (AvgIpc) is 3.60. The van der Waals surface area contributed by atoms with Crippen LogP contribution < -0.4 is 20.1 Å². The maximum Gasteiger partial charge on any atom is 0.312 e. The van der Waals surface area contributed by atoms with Crippen LogP contribution in [0.25, 0.3) is 33.3 Å². The summed E-state index contributed by atoms with van der Waals surface area (Å²) in [7, 11) is -4.59. The van der Waals surface area contributed by atoms with Crippen molar-refractivity contribution in [2.75, 3.05) is 44.6 Å². The largest absolute Gasteiger partial charge is 0.486 e. The van der Waals surface area contributed by atoms with Crippen LogP contribution in [0.1, 0.15) is 68.3 Å². The predicted molar refractivity (Wildman–Crippen MR) is 244 cm³/mol. The summed E-state index contributed by atoms with van der Waals surface area (Å²) in [6, 6.07) is 20.9. The lowest BCUT2D eigenvalue weighted by Crippen LogP contribution is -2.31. The first-order valence-electron chi connectivity index (χ1n) is 21.4. The topological polar surface area (TPSA) is 189 Å². The van der Waals surface area contributed by atoms with Gasteiger partial charge in [-0.05, 0) is 116 Å². The Morgan fingerprint density at radius 3 is 2.67 bits per heavy atom. The molecule has 2 fully saturated rings.